The Balaban J connectivity index is 2.34. The van der Waals surface area contributed by atoms with E-state index in [4.69, 9.17) is 23.2 Å². The molecule has 0 aromatic carbocycles. The standard InChI is InChI=1S/C8H10Cl2/c9-7-5-8(10)3-1-6(7)2-4-8/h5-6H,1-4H2. The molecule has 0 heterocycles. The lowest BCUT2D eigenvalue weighted by atomic mass is 9.75. The van der Waals surface area contributed by atoms with Crippen molar-refractivity contribution in [2.75, 3.05) is 0 Å². The maximum absolute atomic E-state index is 6.23. The third kappa shape index (κ3) is 0.981. The van der Waals surface area contributed by atoms with Crippen LogP contribution in [0.5, 0.6) is 0 Å². The molecule has 0 aromatic heterocycles. The molecule has 0 atom stereocenters. The second-order valence-corrected chi connectivity index (χ2v) is 4.53. The number of allylic oxidation sites excluding steroid dienone is 2. The first-order valence-corrected chi connectivity index (χ1v) is 4.52. The molecule has 56 valence electrons. The normalized spacial score (nSPS) is 45.4. The minimum atomic E-state index is -0.0637. The van der Waals surface area contributed by atoms with Gasteiger partial charge in [-0.3, -0.25) is 0 Å². The van der Waals surface area contributed by atoms with Gasteiger partial charge in [-0.2, -0.15) is 0 Å². The van der Waals surface area contributed by atoms with Crippen molar-refractivity contribution in [2.45, 2.75) is 30.6 Å². The van der Waals surface area contributed by atoms with Gasteiger partial charge in [-0.25, -0.2) is 0 Å². The molecule has 3 rings (SSSR count). The lowest BCUT2D eigenvalue weighted by Gasteiger charge is -2.38. The largest absolute Gasteiger partial charge is 0.115 e. The molecule has 3 aliphatic rings. The van der Waals surface area contributed by atoms with E-state index in [1.54, 1.807) is 0 Å². The fraction of sp³-hybridized carbons (Fsp3) is 0.750. The molecule has 0 N–H and O–H groups in total. The quantitative estimate of drug-likeness (QED) is 0.498. The highest BCUT2D eigenvalue weighted by Gasteiger charge is 2.37. The highest BCUT2D eigenvalue weighted by Crippen LogP contribution is 2.47. The Labute approximate surface area is 71.2 Å². The van der Waals surface area contributed by atoms with Gasteiger partial charge >= 0.3 is 0 Å². The van der Waals surface area contributed by atoms with Crippen molar-refractivity contribution >= 4 is 23.2 Å². The molecule has 0 saturated heterocycles. The van der Waals surface area contributed by atoms with E-state index in [0.29, 0.717) is 5.92 Å². The summed E-state index contributed by atoms with van der Waals surface area (Å²) >= 11 is 12.2. The Bertz CT molecular complexity index is 176. The summed E-state index contributed by atoms with van der Waals surface area (Å²) in [5.41, 5.74) is 0. The molecule has 2 bridgehead atoms. The summed E-state index contributed by atoms with van der Waals surface area (Å²) < 4.78 is 0. The van der Waals surface area contributed by atoms with Gasteiger partial charge in [0.05, 0.1) is 4.87 Å². The number of alkyl halides is 1. The van der Waals surface area contributed by atoms with E-state index in [2.05, 4.69) is 0 Å². The molecule has 0 unspecified atom stereocenters. The Morgan fingerprint density at radius 1 is 1.40 bits per heavy atom. The van der Waals surface area contributed by atoms with Crippen molar-refractivity contribution in [3.63, 3.8) is 0 Å². The van der Waals surface area contributed by atoms with E-state index in [0.717, 1.165) is 17.9 Å². The van der Waals surface area contributed by atoms with Gasteiger partial charge in [-0.05, 0) is 37.7 Å². The molecule has 2 heteroatoms. The summed E-state index contributed by atoms with van der Waals surface area (Å²) in [6.45, 7) is 0. The van der Waals surface area contributed by atoms with Crippen LogP contribution >= 0.6 is 23.2 Å². The SMILES string of the molecule is ClC1=CC2(Cl)CCC1CC2. The number of hydrogen-bond donors (Lipinski definition) is 0. The molecule has 0 aromatic rings. The lowest BCUT2D eigenvalue weighted by molar-refractivity contribution is 0.344. The van der Waals surface area contributed by atoms with Crippen LogP contribution in [-0.4, -0.2) is 4.87 Å². The predicted octanol–water partition coefficient (Wildman–Crippen LogP) is 3.29. The zero-order valence-electron chi connectivity index (χ0n) is 5.74. The second kappa shape index (κ2) is 2.15. The monoisotopic (exact) mass is 176 g/mol. The van der Waals surface area contributed by atoms with Crippen molar-refractivity contribution in [3.8, 4) is 0 Å². The van der Waals surface area contributed by atoms with Gasteiger partial charge in [0.25, 0.3) is 0 Å². The number of halogens is 2. The van der Waals surface area contributed by atoms with Crippen molar-refractivity contribution < 1.29 is 0 Å². The predicted molar refractivity (Wildman–Crippen MR) is 44.5 cm³/mol. The highest BCUT2D eigenvalue weighted by molar-refractivity contribution is 6.32. The average Bonchev–Trinajstić information content (AvgIpc) is 1.87. The second-order valence-electron chi connectivity index (χ2n) is 3.34. The van der Waals surface area contributed by atoms with Crippen LogP contribution in [0.25, 0.3) is 0 Å². The first kappa shape index (κ1) is 7.00. The molecular formula is C8H10Cl2. The van der Waals surface area contributed by atoms with Gasteiger partial charge in [0.15, 0.2) is 0 Å². The number of hydrogen-bond acceptors (Lipinski definition) is 0. The van der Waals surface area contributed by atoms with E-state index in [-0.39, 0.29) is 4.87 Å². The minimum absolute atomic E-state index is 0.0637. The van der Waals surface area contributed by atoms with Crippen LogP contribution in [-0.2, 0) is 0 Å². The molecule has 0 spiro atoms. The Hall–Kier alpha value is 0.320. The molecule has 1 saturated carbocycles. The van der Waals surface area contributed by atoms with E-state index in [9.17, 15) is 0 Å². The Morgan fingerprint density at radius 3 is 2.30 bits per heavy atom. The summed E-state index contributed by atoms with van der Waals surface area (Å²) in [6.07, 6.45) is 6.68. The minimum Gasteiger partial charge on any atom is -0.115 e. The highest BCUT2D eigenvalue weighted by atomic mass is 35.5. The van der Waals surface area contributed by atoms with Crippen LogP contribution in [0.1, 0.15) is 25.7 Å². The van der Waals surface area contributed by atoms with Gasteiger partial charge < -0.3 is 0 Å². The molecule has 0 nitrogen and oxygen atoms in total. The van der Waals surface area contributed by atoms with Crippen LogP contribution in [0.15, 0.2) is 11.1 Å². The van der Waals surface area contributed by atoms with E-state index in [1.807, 2.05) is 6.08 Å². The topological polar surface area (TPSA) is 0 Å². The van der Waals surface area contributed by atoms with Gasteiger partial charge in [-0.1, -0.05) is 11.6 Å². The van der Waals surface area contributed by atoms with Gasteiger partial charge in [0.2, 0.25) is 0 Å². The summed E-state index contributed by atoms with van der Waals surface area (Å²) in [5.74, 6) is 0.641. The van der Waals surface area contributed by atoms with E-state index < -0.39 is 0 Å². The number of fused-ring (bicyclic) bond motifs is 2. The molecular weight excluding hydrogens is 167 g/mol. The van der Waals surface area contributed by atoms with Crippen LogP contribution in [0, 0.1) is 5.92 Å². The van der Waals surface area contributed by atoms with Gasteiger partial charge in [0.1, 0.15) is 0 Å². The molecule has 0 amide bonds. The third-order valence-corrected chi connectivity index (χ3v) is 3.51. The van der Waals surface area contributed by atoms with Crippen molar-refractivity contribution in [1.82, 2.24) is 0 Å². The fourth-order valence-corrected chi connectivity index (χ4v) is 2.70. The van der Waals surface area contributed by atoms with Crippen LogP contribution < -0.4 is 0 Å². The fourth-order valence-electron chi connectivity index (χ4n) is 1.88. The average molecular weight is 177 g/mol. The van der Waals surface area contributed by atoms with Crippen molar-refractivity contribution in [2.24, 2.45) is 5.92 Å². The third-order valence-electron chi connectivity index (χ3n) is 2.60. The maximum atomic E-state index is 6.23. The van der Waals surface area contributed by atoms with E-state index in [1.165, 1.54) is 12.8 Å². The van der Waals surface area contributed by atoms with Crippen LogP contribution in [0.2, 0.25) is 0 Å². The summed E-state index contributed by atoms with van der Waals surface area (Å²) in [7, 11) is 0. The maximum Gasteiger partial charge on any atom is 0.0640 e. The molecule has 1 fully saturated rings. The lowest BCUT2D eigenvalue weighted by Crippen LogP contribution is -2.31. The van der Waals surface area contributed by atoms with Gasteiger partial charge in [-0.15, -0.1) is 11.6 Å². The van der Waals surface area contributed by atoms with Crippen LogP contribution in [0.3, 0.4) is 0 Å². The first-order chi connectivity index (χ1) is 4.70. The van der Waals surface area contributed by atoms with Crippen molar-refractivity contribution in [3.05, 3.63) is 11.1 Å². The zero-order chi connectivity index (χ0) is 7.19. The summed E-state index contributed by atoms with van der Waals surface area (Å²) in [5, 5.41) is 1.01. The first-order valence-electron chi connectivity index (χ1n) is 3.77. The van der Waals surface area contributed by atoms with Crippen LogP contribution in [0.4, 0.5) is 0 Å². The molecule has 0 radical (unpaired) electrons. The zero-order valence-corrected chi connectivity index (χ0v) is 7.25. The van der Waals surface area contributed by atoms with Gasteiger partial charge in [0, 0.05) is 5.03 Å². The molecule has 10 heavy (non-hydrogen) atoms. The molecule has 3 aliphatic carbocycles. The van der Waals surface area contributed by atoms with E-state index >= 15 is 0 Å². The smallest absolute Gasteiger partial charge is 0.0640 e. The summed E-state index contributed by atoms with van der Waals surface area (Å²) in [4.78, 5) is -0.0637. The number of rotatable bonds is 0. The Kier molecular flexibility index (Phi) is 1.50. The Morgan fingerprint density at radius 2 is 2.00 bits per heavy atom. The van der Waals surface area contributed by atoms with Crippen molar-refractivity contribution in [1.29, 1.82) is 0 Å². The summed E-state index contributed by atoms with van der Waals surface area (Å²) in [6, 6.07) is 0. The molecule has 0 aliphatic heterocycles.